The number of aromatic amines is 1. The number of nitrogens with zero attached hydrogens (tertiary/aromatic N) is 1. The van der Waals surface area contributed by atoms with Crippen molar-refractivity contribution in [2.45, 2.75) is 32.9 Å². The molecule has 0 fully saturated rings. The molecule has 36 heavy (non-hydrogen) atoms. The maximum atomic E-state index is 13.3. The number of H-pyrrole nitrogens is 1. The van der Waals surface area contributed by atoms with Crippen LogP contribution in [0.25, 0.3) is 21.8 Å². The third kappa shape index (κ3) is 4.56. The van der Waals surface area contributed by atoms with Gasteiger partial charge in [-0.15, -0.1) is 0 Å². The summed E-state index contributed by atoms with van der Waals surface area (Å²) in [6, 6.07) is 20.6. The number of anilines is 1. The van der Waals surface area contributed by atoms with Gasteiger partial charge in [0.25, 0.3) is 5.91 Å². The molecule has 3 aromatic carbocycles. The summed E-state index contributed by atoms with van der Waals surface area (Å²) < 4.78 is 38.8. The Morgan fingerprint density at radius 3 is 2.28 bits per heavy atom. The van der Waals surface area contributed by atoms with Gasteiger partial charge in [0, 0.05) is 22.0 Å². The van der Waals surface area contributed by atoms with Crippen LogP contribution in [0.2, 0.25) is 0 Å². The van der Waals surface area contributed by atoms with Crippen LogP contribution < -0.4 is 5.32 Å². The minimum Gasteiger partial charge on any atom is -0.353 e. The van der Waals surface area contributed by atoms with Gasteiger partial charge in [-0.3, -0.25) is 4.79 Å². The van der Waals surface area contributed by atoms with Crippen molar-refractivity contribution in [1.29, 1.82) is 0 Å². The number of rotatable bonds is 5. The lowest BCUT2D eigenvalue weighted by Crippen LogP contribution is -2.16. The zero-order valence-corrected chi connectivity index (χ0v) is 19.8. The smallest absolute Gasteiger partial charge is 0.353 e. The number of benzene rings is 3. The van der Waals surface area contributed by atoms with Crippen molar-refractivity contribution < 1.29 is 18.0 Å². The summed E-state index contributed by atoms with van der Waals surface area (Å²) in [4.78, 5) is 21.4. The Kier molecular flexibility index (Phi) is 6.00. The summed E-state index contributed by atoms with van der Waals surface area (Å²) in [5.74, 6) is -0.310. The second kappa shape index (κ2) is 9.15. The molecule has 4 nitrogen and oxygen atoms in total. The summed E-state index contributed by atoms with van der Waals surface area (Å²) in [5.41, 5.74) is 5.50. The fraction of sp³-hybridized carbons (Fsp3) is 0.172. The summed E-state index contributed by atoms with van der Waals surface area (Å²) in [7, 11) is 0. The van der Waals surface area contributed by atoms with E-state index >= 15 is 0 Å². The molecule has 0 unspecified atom stereocenters. The number of pyridine rings is 1. The number of halogens is 3. The number of para-hydroxylation sites is 2. The average Bonchev–Trinajstić information content (AvgIpc) is 3.23. The first-order valence-electron chi connectivity index (χ1n) is 11.6. The molecule has 182 valence electrons. The van der Waals surface area contributed by atoms with E-state index in [1.165, 1.54) is 12.1 Å². The number of aromatic nitrogens is 2. The van der Waals surface area contributed by atoms with E-state index in [9.17, 15) is 18.0 Å². The number of amides is 1. The van der Waals surface area contributed by atoms with E-state index in [1.54, 1.807) is 6.07 Å². The Bertz CT molecular complexity index is 1560. The molecule has 2 heterocycles. The van der Waals surface area contributed by atoms with Crippen molar-refractivity contribution in [3.63, 3.8) is 0 Å². The normalized spacial score (nSPS) is 11.8. The zero-order chi connectivity index (χ0) is 25.4. The molecule has 0 bridgehead atoms. The van der Waals surface area contributed by atoms with Gasteiger partial charge in [0.2, 0.25) is 0 Å². The molecule has 0 aliphatic rings. The standard InChI is InChI=1S/C29H24F3N3O/c1-17-6-5-7-18(2)26(17)35-28(36)25-16-22-21-8-3-4-9-23(21)34-27(22)24(33-25)15-12-19-10-13-20(14-11-19)29(30,31)32/h3-11,13-14,16,34H,12,15H2,1-2H3,(H,35,36). The van der Waals surface area contributed by atoms with Crippen molar-refractivity contribution in [3.05, 3.63) is 106 Å². The molecule has 0 radical (unpaired) electrons. The molecule has 0 atom stereocenters. The fourth-order valence-electron chi connectivity index (χ4n) is 4.52. The first-order valence-corrected chi connectivity index (χ1v) is 11.6. The lowest BCUT2D eigenvalue weighted by Gasteiger charge is -2.12. The van der Waals surface area contributed by atoms with Crippen LogP contribution in [0, 0.1) is 13.8 Å². The lowest BCUT2D eigenvalue weighted by atomic mass is 10.0. The van der Waals surface area contributed by atoms with Crippen LogP contribution in [-0.2, 0) is 19.0 Å². The van der Waals surface area contributed by atoms with Gasteiger partial charge in [-0.2, -0.15) is 13.2 Å². The van der Waals surface area contributed by atoms with Gasteiger partial charge in [0.05, 0.1) is 16.8 Å². The number of aryl methyl sites for hydroxylation is 4. The monoisotopic (exact) mass is 487 g/mol. The summed E-state index contributed by atoms with van der Waals surface area (Å²) in [5, 5.41) is 4.87. The zero-order valence-electron chi connectivity index (χ0n) is 19.8. The first-order chi connectivity index (χ1) is 17.2. The van der Waals surface area contributed by atoms with Gasteiger partial charge >= 0.3 is 6.18 Å². The number of hydrogen-bond donors (Lipinski definition) is 2. The quantitative estimate of drug-likeness (QED) is 0.272. The number of nitrogens with one attached hydrogen (secondary N) is 2. The van der Waals surface area contributed by atoms with Crippen LogP contribution >= 0.6 is 0 Å². The minimum absolute atomic E-state index is 0.289. The molecule has 5 rings (SSSR count). The average molecular weight is 488 g/mol. The van der Waals surface area contributed by atoms with Crippen molar-refractivity contribution in [3.8, 4) is 0 Å². The summed E-state index contributed by atoms with van der Waals surface area (Å²) in [6.07, 6.45) is -3.43. The third-order valence-corrected chi connectivity index (χ3v) is 6.46. The van der Waals surface area contributed by atoms with E-state index in [-0.39, 0.29) is 11.6 Å². The Labute approximate surface area is 206 Å². The van der Waals surface area contributed by atoms with Crippen molar-refractivity contribution in [1.82, 2.24) is 9.97 Å². The van der Waals surface area contributed by atoms with E-state index in [4.69, 9.17) is 4.98 Å². The lowest BCUT2D eigenvalue weighted by molar-refractivity contribution is -0.137. The first kappa shape index (κ1) is 23.6. The highest BCUT2D eigenvalue weighted by molar-refractivity contribution is 6.12. The molecule has 2 aromatic heterocycles. The van der Waals surface area contributed by atoms with E-state index in [1.807, 2.05) is 56.3 Å². The molecule has 0 saturated carbocycles. The van der Waals surface area contributed by atoms with Gasteiger partial charge in [0.1, 0.15) is 5.69 Å². The predicted octanol–water partition coefficient (Wildman–Crippen LogP) is 7.39. The Hall–Kier alpha value is -4.13. The highest BCUT2D eigenvalue weighted by Gasteiger charge is 2.29. The van der Waals surface area contributed by atoms with E-state index in [0.717, 1.165) is 56.3 Å². The molecule has 5 aromatic rings. The van der Waals surface area contributed by atoms with Gasteiger partial charge in [-0.1, -0.05) is 48.5 Å². The van der Waals surface area contributed by atoms with Crippen LogP contribution in [0.3, 0.4) is 0 Å². The molecular formula is C29H24F3N3O. The SMILES string of the molecule is Cc1cccc(C)c1NC(=O)c1cc2c([nH]c3ccccc32)c(CCc2ccc(C(F)(F)F)cc2)n1. The predicted molar refractivity (Wildman–Crippen MR) is 136 cm³/mol. The Morgan fingerprint density at radius 1 is 0.889 bits per heavy atom. The highest BCUT2D eigenvalue weighted by Crippen LogP contribution is 2.31. The number of fused-ring (bicyclic) bond motifs is 3. The number of hydrogen-bond acceptors (Lipinski definition) is 2. The Balaban J connectivity index is 1.51. The second-order valence-corrected chi connectivity index (χ2v) is 8.96. The van der Waals surface area contributed by atoms with Gasteiger partial charge < -0.3 is 10.3 Å². The third-order valence-electron chi connectivity index (χ3n) is 6.46. The molecule has 1 amide bonds. The molecule has 0 aliphatic heterocycles. The van der Waals surface area contributed by atoms with Crippen molar-refractivity contribution in [2.24, 2.45) is 0 Å². The number of alkyl halides is 3. The number of carbonyl (C=O) groups is 1. The van der Waals surface area contributed by atoms with Crippen molar-refractivity contribution >= 4 is 33.4 Å². The summed E-state index contributed by atoms with van der Waals surface area (Å²) in [6.45, 7) is 3.88. The largest absolute Gasteiger partial charge is 0.416 e. The Morgan fingerprint density at radius 2 is 1.58 bits per heavy atom. The van der Waals surface area contributed by atoms with Gasteiger partial charge in [0.15, 0.2) is 0 Å². The van der Waals surface area contributed by atoms with Crippen LogP contribution in [0.1, 0.15) is 38.4 Å². The van der Waals surface area contributed by atoms with Crippen LogP contribution in [0.5, 0.6) is 0 Å². The topological polar surface area (TPSA) is 57.8 Å². The van der Waals surface area contributed by atoms with E-state index in [2.05, 4.69) is 10.3 Å². The summed E-state index contributed by atoms with van der Waals surface area (Å²) >= 11 is 0. The molecular weight excluding hydrogens is 463 g/mol. The fourth-order valence-corrected chi connectivity index (χ4v) is 4.52. The molecule has 2 N–H and O–H groups in total. The maximum Gasteiger partial charge on any atom is 0.416 e. The van der Waals surface area contributed by atoms with E-state index in [0.29, 0.717) is 18.5 Å². The van der Waals surface area contributed by atoms with Crippen LogP contribution in [0.15, 0.2) is 72.8 Å². The maximum absolute atomic E-state index is 13.3. The van der Waals surface area contributed by atoms with Gasteiger partial charge in [-0.05, 0) is 67.6 Å². The minimum atomic E-state index is -4.37. The molecule has 0 saturated heterocycles. The molecule has 0 spiro atoms. The van der Waals surface area contributed by atoms with Crippen LogP contribution in [0.4, 0.5) is 18.9 Å². The highest BCUT2D eigenvalue weighted by atomic mass is 19.4. The second-order valence-electron chi connectivity index (χ2n) is 8.96. The number of carbonyl (C=O) groups excluding carboxylic acids is 1. The van der Waals surface area contributed by atoms with Crippen molar-refractivity contribution in [2.75, 3.05) is 5.32 Å². The van der Waals surface area contributed by atoms with E-state index < -0.39 is 11.7 Å². The van der Waals surface area contributed by atoms with Gasteiger partial charge in [-0.25, -0.2) is 4.98 Å². The molecule has 0 aliphatic carbocycles. The van der Waals surface area contributed by atoms with Crippen LogP contribution in [-0.4, -0.2) is 15.9 Å². The molecule has 7 heteroatoms.